The number of rotatable bonds is 4. The number of benzene rings is 1. The summed E-state index contributed by atoms with van der Waals surface area (Å²) in [6.45, 7) is 1.28. The van der Waals surface area contributed by atoms with Crippen molar-refractivity contribution in [3.05, 3.63) is 60.0 Å². The standard InChI is InChI=1S/C20H21N3O5/c1-21-12-13-23(20(21)26)15-9-7-14(8-10-15)22-11-5-4-6-16(18(24)27-2)17(22)19(25)28-3/h4-11H,12-13H2,1-3H3. The Bertz CT molecular complexity index is 886. The molecule has 3 rings (SSSR count). The van der Waals surface area contributed by atoms with Crippen molar-refractivity contribution < 1.29 is 23.9 Å². The monoisotopic (exact) mass is 383 g/mol. The molecule has 0 atom stereocenters. The second-order valence-electron chi connectivity index (χ2n) is 6.19. The van der Waals surface area contributed by atoms with Crippen LogP contribution >= 0.6 is 0 Å². The van der Waals surface area contributed by atoms with Crippen LogP contribution < -0.4 is 9.80 Å². The second-order valence-corrected chi connectivity index (χ2v) is 6.19. The molecule has 0 spiro atoms. The zero-order valence-electron chi connectivity index (χ0n) is 15.9. The molecule has 1 aromatic carbocycles. The van der Waals surface area contributed by atoms with Gasteiger partial charge in [0.15, 0.2) is 0 Å². The van der Waals surface area contributed by atoms with E-state index in [-0.39, 0.29) is 17.3 Å². The number of methoxy groups -OCH3 is 2. The minimum atomic E-state index is -0.669. The summed E-state index contributed by atoms with van der Waals surface area (Å²) >= 11 is 0. The predicted molar refractivity (Wildman–Crippen MR) is 104 cm³/mol. The van der Waals surface area contributed by atoms with E-state index in [4.69, 9.17) is 9.47 Å². The maximum absolute atomic E-state index is 12.4. The van der Waals surface area contributed by atoms with Crippen LogP contribution in [0, 0.1) is 0 Å². The Morgan fingerprint density at radius 1 is 0.929 bits per heavy atom. The molecule has 2 amide bonds. The van der Waals surface area contributed by atoms with Crippen LogP contribution in [-0.2, 0) is 19.1 Å². The van der Waals surface area contributed by atoms with Gasteiger partial charge in [-0.15, -0.1) is 0 Å². The van der Waals surface area contributed by atoms with Crippen LogP contribution in [0.25, 0.3) is 0 Å². The van der Waals surface area contributed by atoms with Crippen LogP contribution in [0.3, 0.4) is 0 Å². The number of allylic oxidation sites excluding steroid dienone is 2. The van der Waals surface area contributed by atoms with Gasteiger partial charge in [0.1, 0.15) is 5.70 Å². The molecule has 0 unspecified atom stereocenters. The van der Waals surface area contributed by atoms with Crippen LogP contribution in [0.4, 0.5) is 16.2 Å². The highest BCUT2D eigenvalue weighted by molar-refractivity contribution is 6.05. The molecule has 0 bridgehead atoms. The Kier molecular flexibility index (Phi) is 5.49. The first-order valence-electron chi connectivity index (χ1n) is 8.65. The Balaban J connectivity index is 1.99. The average Bonchev–Trinajstić information content (AvgIpc) is 2.93. The Morgan fingerprint density at radius 2 is 1.57 bits per heavy atom. The molecule has 28 heavy (non-hydrogen) atoms. The zero-order valence-corrected chi connectivity index (χ0v) is 15.9. The summed E-state index contributed by atoms with van der Waals surface area (Å²) in [5.74, 6) is -1.32. The minimum absolute atomic E-state index is 0.0454. The summed E-state index contributed by atoms with van der Waals surface area (Å²) < 4.78 is 9.68. The zero-order chi connectivity index (χ0) is 20.3. The molecule has 8 heteroatoms. The molecular weight excluding hydrogens is 362 g/mol. The normalized spacial score (nSPS) is 16.5. The summed E-state index contributed by atoms with van der Waals surface area (Å²) in [5.41, 5.74) is 1.51. The fourth-order valence-electron chi connectivity index (χ4n) is 3.05. The van der Waals surface area contributed by atoms with Gasteiger partial charge in [-0.1, -0.05) is 6.08 Å². The molecule has 1 aromatic rings. The van der Waals surface area contributed by atoms with Gasteiger partial charge in [-0.3, -0.25) is 4.90 Å². The minimum Gasteiger partial charge on any atom is -0.465 e. The lowest BCUT2D eigenvalue weighted by molar-refractivity contribution is -0.139. The van der Waals surface area contributed by atoms with E-state index in [0.717, 1.165) is 5.69 Å². The summed E-state index contributed by atoms with van der Waals surface area (Å²) in [6.07, 6.45) is 6.50. The Hall–Kier alpha value is -3.55. The molecular formula is C20H21N3O5. The molecule has 2 aliphatic heterocycles. The molecule has 1 saturated heterocycles. The third kappa shape index (κ3) is 3.48. The topological polar surface area (TPSA) is 79.4 Å². The molecule has 0 saturated carbocycles. The summed E-state index contributed by atoms with van der Waals surface area (Å²) in [6, 6.07) is 7.08. The van der Waals surface area contributed by atoms with Crippen LogP contribution in [0.2, 0.25) is 0 Å². The van der Waals surface area contributed by atoms with E-state index in [9.17, 15) is 14.4 Å². The van der Waals surface area contributed by atoms with E-state index in [1.807, 2.05) is 0 Å². The SMILES string of the molecule is COC(=O)C1=C(C(=O)OC)N(c2ccc(N3CCN(C)C3=O)cc2)C=CC=C1. The number of nitrogens with zero attached hydrogens (tertiary/aromatic N) is 3. The lowest BCUT2D eigenvalue weighted by Gasteiger charge is -2.24. The summed E-state index contributed by atoms with van der Waals surface area (Å²) in [7, 11) is 4.26. The number of amides is 2. The van der Waals surface area contributed by atoms with E-state index >= 15 is 0 Å². The maximum Gasteiger partial charge on any atom is 0.355 e. The summed E-state index contributed by atoms with van der Waals surface area (Å²) in [5, 5.41) is 0. The van der Waals surface area contributed by atoms with Crippen molar-refractivity contribution in [1.82, 2.24) is 4.90 Å². The van der Waals surface area contributed by atoms with Gasteiger partial charge in [-0.25, -0.2) is 14.4 Å². The highest BCUT2D eigenvalue weighted by Crippen LogP contribution is 2.29. The smallest absolute Gasteiger partial charge is 0.355 e. The number of ether oxygens (including phenoxy) is 2. The van der Waals surface area contributed by atoms with Gasteiger partial charge in [0, 0.05) is 37.7 Å². The van der Waals surface area contributed by atoms with E-state index in [1.165, 1.54) is 20.3 Å². The molecule has 8 nitrogen and oxygen atoms in total. The summed E-state index contributed by atoms with van der Waals surface area (Å²) in [4.78, 5) is 41.7. The second kappa shape index (κ2) is 7.99. The third-order valence-corrected chi connectivity index (χ3v) is 4.55. The van der Waals surface area contributed by atoms with Crippen molar-refractivity contribution in [2.75, 3.05) is 44.2 Å². The molecule has 2 aliphatic rings. The van der Waals surface area contributed by atoms with E-state index in [1.54, 1.807) is 64.4 Å². The fraction of sp³-hybridized carbons (Fsp3) is 0.250. The number of urea groups is 1. The van der Waals surface area contributed by atoms with E-state index in [2.05, 4.69) is 0 Å². The molecule has 0 radical (unpaired) electrons. The van der Waals surface area contributed by atoms with Crippen molar-refractivity contribution in [3.8, 4) is 0 Å². The Morgan fingerprint density at radius 3 is 2.14 bits per heavy atom. The maximum atomic E-state index is 12.4. The first-order valence-corrected chi connectivity index (χ1v) is 8.65. The van der Waals surface area contributed by atoms with Crippen molar-refractivity contribution in [1.29, 1.82) is 0 Å². The van der Waals surface area contributed by atoms with Crippen LogP contribution in [0.5, 0.6) is 0 Å². The van der Waals surface area contributed by atoms with Crippen LogP contribution in [0.1, 0.15) is 0 Å². The van der Waals surface area contributed by atoms with Crippen LogP contribution in [0.15, 0.2) is 60.0 Å². The molecule has 2 heterocycles. The highest BCUT2D eigenvalue weighted by atomic mass is 16.5. The molecule has 0 aliphatic carbocycles. The molecule has 0 aromatic heterocycles. The number of esters is 2. The van der Waals surface area contributed by atoms with Gasteiger partial charge < -0.3 is 19.3 Å². The average molecular weight is 383 g/mol. The van der Waals surface area contributed by atoms with Gasteiger partial charge in [-0.2, -0.15) is 0 Å². The molecule has 0 N–H and O–H groups in total. The number of hydrogen-bond donors (Lipinski definition) is 0. The van der Waals surface area contributed by atoms with Gasteiger partial charge >= 0.3 is 18.0 Å². The number of likely N-dealkylation sites (N-methyl/N-ethyl adjacent to an activating group) is 1. The third-order valence-electron chi connectivity index (χ3n) is 4.55. The number of hydrogen-bond acceptors (Lipinski definition) is 6. The van der Waals surface area contributed by atoms with Gasteiger partial charge in [0.25, 0.3) is 0 Å². The number of carbonyl (C=O) groups excluding carboxylic acids is 3. The molecule has 146 valence electrons. The van der Waals surface area contributed by atoms with Crippen molar-refractivity contribution in [2.45, 2.75) is 0 Å². The van der Waals surface area contributed by atoms with E-state index in [0.29, 0.717) is 18.8 Å². The fourth-order valence-corrected chi connectivity index (χ4v) is 3.05. The lowest BCUT2D eigenvalue weighted by Crippen LogP contribution is -2.29. The first kappa shape index (κ1) is 19.2. The first-order chi connectivity index (χ1) is 13.5. The molecule has 1 fully saturated rings. The highest BCUT2D eigenvalue weighted by Gasteiger charge is 2.29. The largest absolute Gasteiger partial charge is 0.465 e. The number of carbonyl (C=O) groups is 3. The van der Waals surface area contributed by atoms with E-state index < -0.39 is 11.9 Å². The van der Waals surface area contributed by atoms with Crippen molar-refractivity contribution in [3.63, 3.8) is 0 Å². The lowest BCUT2D eigenvalue weighted by atomic mass is 10.1. The van der Waals surface area contributed by atoms with Crippen LogP contribution in [-0.4, -0.2) is 57.2 Å². The van der Waals surface area contributed by atoms with Crippen molar-refractivity contribution >= 4 is 29.3 Å². The predicted octanol–water partition coefficient (Wildman–Crippen LogP) is 2.05. The number of anilines is 2. The van der Waals surface area contributed by atoms with Gasteiger partial charge in [-0.05, 0) is 36.4 Å². The van der Waals surface area contributed by atoms with Crippen molar-refractivity contribution in [2.24, 2.45) is 0 Å². The van der Waals surface area contributed by atoms with Gasteiger partial charge in [0.2, 0.25) is 0 Å². The van der Waals surface area contributed by atoms with Gasteiger partial charge in [0.05, 0.1) is 19.8 Å². The quantitative estimate of drug-likeness (QED) is 0.741. The Labute approximate surface area is 162 Å².